The van der Waals surface area contributed by atoms with E-state index < -0.39 is 6.10 Å². The number of rotatable bonds is 14. The van der Waals surface area contributed by atoms with E-state index in [4.69, 9.17) is 9.47 Å². The molecule has 0 aliphatic rings. The van der Waals surface area contributed by atoms with Crippen molar-refractivity contribution < 1.29 is 19.4 Å². The Hall–Kier alpha value is -4.15. The van der Waals surface area contributed by atoms with Crippen LogP contribution in [-0.4, -0.2) is 24.1 Å². The number of hydrogen-bond donors (Lipinski definition) is 1. The molecule has 1 atom stereocenters. The minimum atomic E-state index is -0.422. The van der Waals surface area contributed by atoms with Gasteiger partial charge in [0.1, 0.15) is 24.7 Å². The van der Waals surface area contributed by atoms with Crippen molar-refractivity contribution in [2.75, 3.05) is 13.2 Å². The van der Waals surface area contributed by atoms with Gasteiger partial charge in [0.05, 0.1) is 6.10 Å². The van der Waals surface area contributed by atoms with Gasteiger partial charge in [0.15, 0.2) is 5.78 Å². The first-order valence-electron chi connectivity index (χ1n) is 13.4. The Bertz CT molecular complexity index is 1310. The Balaban J connectivity index is 1.19. The van der Waals surface area contributed by atoms with Gasteiger partial charge in [-0.05, 0) is 59.0 Å². The normalized spacial score (nSPS) is 11.8. The third-order valence-corrected chi connectivity index (χ3v) is 6.45. The lowest BCUT2D eigenvalue weighted by atomic mass is 9.99. The van der Waals surface area contributed by atoms with Crippen LogP contribution < -0.4 is 9.47 Å². The van der Waals surface area contributed by atoms with E-state index in [1.165, 1.54) is 0 Å². The number of hydrogen-bond acceptors (Lipinski definition) is 4. The highest BCUT2D eigenvalue weighted by Gasteiger charge is 2.08. The summed E-state index contributed by atoms with van der Waals surface area (Å²) in [6.07, 6.45) is 6.67. The molecular formula is C35H35O4. The number of carbonyl (C=O) groups excluding carboxylic acids is 1. The fourth-order valence-electron chi connectivity index (χ4n) is 4.19. The van der Waals surface area contributed by atoms with Crippen molar-refractivity contribution in [3.63, 3.8) is 0 Å². The zero-order chi connectivity index (χ0) is 27.3. The number of unbranched alkanes of at least 4 members (excludes halogenated alkanes) is 2. The second-order valence-electron chi connectivity index (χ2n) is 9.34. The van der Waals surface area contributed by atoms with Crippen molar-refractivity contribution in [2.45, 2.75) is 31.8 Å². The highest BCUT2D eigenvalue weighted by atomic mass is 16.5. The molecule has 0 saturated heterocycles. The summed E-state index contributed by atoms with van der Waals surface area (Å²) in [7, 11) is 0. The van der Waals surface area contributed by atoms with E-state index >= 15 is 0 Å². The molecule has 1 N–H and O–H groups in total. The molecule has 0 aromatic heterocycles. The maximum absolute atomic E-state index is 12.2. The number of ether oxygens (including phenoxy) is 2. The minimum absolute atomic E-state index is 0.0229. The lowest BCUT2D eigenvalue weighted by Gasteiger charge is -2.12. The first kappa shape index (κ1) is 27.9. The van der Waals surface area contributed by atoms with Gasteiger partial charge < -0.3 is 14.6 Å². The molecule has 0 saturated carbocycles. The van der Waals surface area contributed by atoms with E-state index in [-0.39, 0.29) is 5.78 Å². The van der Waals surface area contributed by atoms with Gasteiger partial charge in [-0.1, -0.05) is 111 Å². The topological polar surface area (TPSA) is 55.8 Å². The largest absolute Gasteiger partial charge is 0.490 e. The van der Waals surface area contributed by atoms with Crippen LogP contribution in [0, 0.1) is 6.92 Å². The van der Waals surface area contributed by atoms with Crippen LogP contribution in [0.2, 0.25) is 0 Å². The molecule has 4 aromatic carbocycles. The summed E-state index contributed by atoms with van der Waals surface area (Å²) in [6, 6.07) is 32.9. The Labute approximate surface area is 231 Å². The predicted molar refractivity (Wildman–Crippen MR) is 158 cm³/mol. The molecule has 0 fully saturated rings. The van der Waals surface area contributed by atoms with E-state index in [0.717, 1.165) is 59.4 Å². The molecule has 4 heteroatoms. The third-order valence-electron chi connectivity index (χ3n) is 6.45. The Kier molecular flexibility index (Phi) is 10.5. The summed E-state index contributed by atoms with van der Waals surface area (Å²) in [5, 5.41) is 10.3. The standard InChI is InChI=1S/C35H35O4/c1-2-3-5-10-34(36)31-16-14-28(15-17-31)29-18-22-33(23-19-29)39-26-25-38-32-20-11-27(12-21-32)13-24-35(37)30-8-6-4-7-9-30/h4,6-9,11-24,34,36H,1-3,5,10,25-26H2/b24-13+. The zero-order valence-electron chi connectivity index (χ0n) is 22.2. The van der Waals surface area contributed by atoms with E-state index in [1.54, 1.807) is 24.3 Å². The molecule has 1 radical (unpaired) electrons. The van der Waals surface area contributed by atoms with Gasteiger partial charge in [0, 0.05) is 5.56 Å². The maximum atomic E-state index is 12.2. The summed E-state index contributed by atoms with van der Waals surface area (Å²) in [4.78, 5) is 12.2. The molecule has 39 heavy (non-hydrogen) atoms. The van der Waals surface area contributed by atoms with Crippen molar-refractivity contribution in [2.24, 2.45) is 0 Å². The first-order valence-corrected chi connectivity index (χ1v) is 13.4. The maximum Gasteiger partial charge on any atom is 0.185 e. The quantitative estimate of drug-likeness (QED) is 0.104. The number of allylic oxidation sites excluding steroid dienone is 1. The summed E-state index contributed by atoms with van der Waals surface area (Å²) in [5.41, 5.74) is 4.74. The zero-order valence-corrected chi connectivity index (χ0v) is 22.2. The van der Waals surface area contributed by atoms with Crippen LogP contribution in [0.4, 0.5) is 0 Å². The molecule has 4 rings (SSSR count). The molecule has 199 valence electrons. The highest BCUT2D eigenvalue weighted by Crippen LogP contribution is 2.26. The third kappa shape index (κ3) is 8.69. The number of benzene rings is 4. The molecular weight excluding hydrogens is 484 g/mol. The van der Waals surface area contributed by atoms with E-state index in [0.29, 0.717) is 18.8 Å². The second-order valence-corrected chi connectivity index (χ2v) is 9.34. The van der Waals surface area contributed by atoms with Gasteiger partial charge in [-0.2, -0.15) is 0 Å². The molecule has 4 nitrogen and oxygen atoms in total. The Morgan fingerprint density at radius 1 is 0.744 bits per heavy atom. The number of aliphatic hydroxyl groups is 1. The van der Waals surface area contributed by atoms with Crippen molar-refractivity contribution in [3.05, 3.63) is 133 Å². The van der Waals surface area contributed by atoms with Gasteiger partial charge in [-0.25, -0.2) is 0 Å². The Morgan fingerprint density at radius 2 is 1.31 bits per heavy atom. The van der Waals surface area contributed by atoms with Crippen LogP contribution in [0.3, 0.4) is 0 Å². The monoisotopic (exact) mass is 519 g/mol. The summed E-state index contributed by atoms with van der Waals surface area (Å²) in [6.45, 7) is 4.69. The molecule has 0 heterocycles. The second kappa shape index (κ2) is 14.7. The van der Waals surface area contributed by atoms with Crippen molar-refractivity contribution in [1.82, 2.24) is 0 Å². The van der Waals surface area contributed by atoms with E-state index in [1.807, 2.05) is 91.0 Å². The van der Waals surface area contributed by atoms with Gasteiger partial charge in [0.2, 0.25) is 0 Å². The van der Waals surface area contributed by atoms with Crippen molar-refractivity contribution >= 4 is 11.9 Å². The average molecular weight is 520 g/mol. The predicted octanol–water partition coefficient (Wildman–Crippen LogP) is 8.14. The van der Waals surface area contributed by atoms with Gasteiger partial charge in [-0.3, -0.25) is 4.79 Å². The van der Waals surface area contributed by atoms with Gasteiger partial charge >= 0.3 is 0 Å². The molecule has 0 spiro atoms. The van der Waals surface area contributed by atoms with Crippen LogP contribution in [0.25, 0.3) is 17.2 Å². The fraction of sp³-hybridized carbons (Fsp3) is 0.200. The smallest absolute Gasteiger partial charge is 0.185 e. The van der Waals surface area contributed by atoms with Gasteiger partial charge in [0.25, 0.3) is 0 Å². The van der Waals surface area contributed by atoms with Crippen LogP contribution >= 0.6 is 0 Å². The van der Waals surface area contributed by atoms with Crippen LogP contribution in [0.15, 0.2) is 109 Å². The molecule has 0 aliphatic heterocycles. The van der Waals surface area contributed by atoms with Crippen molar-refractivity contribution in [3.8, 4) is 22.6 Å². The SMILES string of the molecule is [CH2]CCCCC(O)c1ccc(-c2ccc(OCCOc3ccc(/C=C/C(=O)c4ccccc4)cc3)cc2)cc1. The van der Waals surface area contributed by atoms with E-state index in [2.05, 4.69) is 6.92 Å². The summed E-state index contributed by atoms with van der Waals surface area (Å²) >= 11 is 0. The minimum Gasteiger partial charge on any atom is -0.490 e. The number of ketones is 1. The van der Waals surface area contributed by atoms with Gasteiger partial charge in [-0.15, -0.1) is 0 Å². The highest BCUT2D eigenvalue weighted by molar-refractivity contribution is 6.06. The van der Waals surface area contributed by atoms with Crippen LogP contribution in [0.5, 0.6) is 11.5 Å². The number of carbonyl (C=O) groups is 1. The van der Waals surface area contributed by atoms with Crippen molar-refractivity contribution in [1.29, 1.82) is 0 Å². The summed E-state index contributed by atoms with van der Waals surface area (Å²) in [5.74, 6) is 1.50. The Morgan fingerprint density at radius 3 is 1.90 bits per heavy atom. The van der Waals surface area contributed by atoms with E-state index in [9.17, 15) is 9.90 Å². The molecule has 0 amide bonds. The molecule has 0 aliphatic carbocycles. The molecule has 4 aromatic rings. The molecule has 0 bridgehead atoms. The summed E-state index contributed by atoms with van der Waals surface area (Å²) < 4.78 is 11.6. The number of aliphatic hydroxyl groups excluding tert-OH is 1. The molecule has 1 unspecified atom stereocenters. The van der Waals surface area contributed by atoms with Crippen LogP contribution in [-0.2, 0) is 0 Å². The first-order chi connectivity index (χ1) is 19.1. The van der Waals surface area contributed by atoms with Crippen LogP contribution in [0.1, 0.15) is 53.3 Å². The fourth-order valence-corrected chi connectivity index (χ4v) is 4.19. The average Bonchev–Trinajstić information content (AvgIpc) is 2.99. The lowest BCUT2D eigenvalue weighted by molar-refractivity contribution is 0.104. The lowest BCUT2D eigenvalue weighted by Crippen LogP contribution is -2.08.